The van der Waals surface area contributed by atoms with Crippen molar-refractivity contribution in [2.45, 2.75) is 24.5 Å². The Morgan fingerprint density at radius 2 is 2.00 bits per heavy atom. The monoisotopic (exact) mass is 314 g/mol. The summed E-state index contributed by atoms with van der Waals surface area (Å²) in [5.41, 5.74) is 1.85. The van der Waals surface area contributed by atoms with E-state index in [1.54, 1.807) is 18.3 Å². The highest BCUT2D eigenvalue weighted by Crippen LogP contribution is 2.32. The van der Waals surface area contributed by atoms with Gasteiger partial charge in [0, 0.05) is 17.8 Å². The lowest BCUT2D eigenvalue weighted by atomic mass is 10.1. The molecule has 22 heavy (non-hydrogen) atoms. The first kappa shape index (κ1) is 14.9. The molecule has 2 aromatic rings. The van der Waals surface area contributed by atoms with Crippen molar-refractivity contribution in [2.75, 3.05) is 0 Å². The second kappa shape index (κ2) is 6.40. The maximum atomic E-state index is 12.9. The molecule has 0 bridgehead atoms. The molecule has 1 aliphatic heterocycles. The normalized spacial score (nSPS) is 19.1. The molecule has 2 atom stereocenters. The minimum atomic E-state index is -0.269. The van der Waals surface area contributed by atoms with Crippen molar-refractivity contribution < 1.29 is 9.18 Å². The van der Waals surface area contributed by atoms with Crippen LogP contribution in [0.25, 0.3) is 0 Å². The first-order valence-corrected chi connectivity index (χ1v) is 7.96. The number of hydrogen-bond acceptors (Lipinski definition) is 3. The number of amides is 1. The standard InChI is InChI=1S/C17H15FN2OS/c1-11(14-4-2-3-9-19-14)17-20-16(21)15(22-17)10-12-5-7-13(18)8-6-12/h2-9,11,15H,10H2,1H3. The minimum absolute atomic E-state index is 0.00775. The summed E-state index contributed by atoms with van der Waals surface area (Å²) in [6.07, 6.45) is 2.30. The van der Waals surface area contributed by atoms with Crippen molar-refractivity contribution in [3.63, 3.8) is 0 Å². The average Bonchev–Trinajstić information content (AvgIpc) is 2.91. The number of hydrogen-bond donors (Lipinski definition) is 0. The lowest BCUT2D eigenvalue weighted by molar-refractivity contribution is -0.117. The Morgan fingerprint density at radius 3 is 2.68 bits per heavy atom. The molecule has 0 spiro atoms. The summed E-state index contributed by atoms with van der Waals surface area (Å²) in [7, 11) is 0. The molecule has 1 aromatic carbocycles. The molecule has 2 heterocycles. The van der Waals surface area contributed by atoms with Gasteiger partial charge >= 0.3 is 0 Å². The summed E-state index contributed by atoms with van der Waals surface area (Å²) in [6.45, 7) is 2.00. The second-order valence-corrected chi connectivity index (χ2v) is 6.42. The number of rotatable bonds is 4. The van der Waals surface area contributed by atoms with Crippen molar-refractivity contribution in [3.8, 4) is 0 Å². The molecule has 1 aliphatic rings. The zero-order valence-electron chi connectivity index (χ0n) is 12.1. The number of carbonyl (C=O) groups is 1. The predicted octanol–water partition coefficient (Wildman–Crippen LogP) is 3.61. The van der Waals surface area contributed by atoms with E-state index in [9.17, 15) is 9.18 Å². The largest absolute Gasteiger partial charge is 0.271 e. The van der Waals surface area contributed by atoms with Gasteiger partial charge in [-0.25, -0.2) is 9.38 Å². The van der Waals surface area contributed by atoms with E-state index < -0.39 is 0 Å². The Balaban J connectivity index is 1.69. The summed E-state index contributed by atoms with van der Waals surface area (Å²) in [4.78, 5) is 20.6. The van der Waals surface area contributed by atoms with Gasteiger partial charge in [-0.2, -0.15) is 0 Å². The molecule has 0 N–H and O–H groups in total. The van der Waals surface area contributed by atoms with Crippen LogP contribution in [0.3, 0.4) is 0 Å². The number of nitrogens with zero attached hydrogens (tertiary/aromatic N) is 2. The Bertz CT molecular complexity index is 700. The smallest absolute Gasteiger partial charge is 0.260 e. The molecule has 5 heteroatoms. The molecule has 3 nitrogen and oxygen atoms in total. The molecule has 1 aromatic heterocycles. The van der Waals surface area contributed by atoms with Crippen LogP contribution in [-0.2, 0) is 11.2 Å². The Kier molecular flexibility index (Phi) is 4.34. The number of carbonyl (C=O) groups excluding carboxylic acids is 1. The maximum Gasteiger partial charge on any atom is 0.260 e. The lowest BCUT2D eigenvalue weighted by Crippen LogP contribution is -2.14. The van der Waals surface area contributed by atoms with Gasteiger partial charge in [0.1, 0.15) is 5.82 Å². The van der Waals surface area contributed by atoms with E-state index in [0.717, 1.165) is 16.3 Å². The first-order valence-electron chi connectivity index (χ1n) is 7.08. The lowest BCUT2D eigenvalue weighted by Gasteiger charge is -2.11. The van der Waals surface area contributed by atoms with Crippen molar-refractivity contribution in [3.05, 3.63) is 65.7 Å². The Hall–Kier alpha value is -2.01. The third-order valence-corrected chi connectivity index (χ3v) is 4.93. The van der Waals surface area contributed by atoms with Crippen molar-refractivity contribution >= 4 is 22.7 Å². The third kappa shape index (κ3) is 3.25. The van der Waals surface area contributed by atoms with Gasteiger partial charge in [0.05, 0.1) is 10.3 Å². The molecule has 2 unspecified atom stereocenters. The van der Waals surface area contributed by atoms with E-state index in [1.165, 1.54) is 23.9 Å². The average molecular weight is 314 g/mol. The van der Waals surface area contributed by atoms with Crippen LogP contribution in [-0.4, -0.2) is 21.2 Å². The molecule has 0 fully saturated rings. The second-order valence-electron chi connectivity index (χ2n) is 5.20. The highest BCUT2D eigenvalue weighted by atomic mass is 32.2. The van der Waals surface area contributed by atoms with Crippen molar-refractivity contribution in [2.24, 2.45) is 4.99 Å². The van der Waals surface area contributed by atoms with Gasteiger partial charge in [0.25, 0.3) is 5.91 Å². The Morgan fingerprint density at radius 1 is 1.23 bits per heavy atom. The number of pyridine rings is 1. The van der Waals surface area contributed by atoms with E-state index in [4.69, 9.17) is 0 Å². The number of halogens is 1. The van der Waals surface area contributed by atoms with Crippen LogP contribution in [0.4, 0.5) is 4.39 Å². The van der Waals surface area contributed by atoms with Crippen molar-refractivity contribution in [1.82, 2.24) is 4.98 Å². The summed E-state index contributed by atoms with van der Waals surface area (Å²) in [6, 6.07) is 12.0. The van der Waals surface area contributed by atoms with Crippen molar-refractivity contribution in [1.29, 1.82) is 0 Å². The molecule has 0 saturated carbocycles. The molecular formula is C17H15FN2OS. The van der Waals surface area contributed by atoms with Crippen LogP contribution in [0.2, 0.25) is 0 Å². The summed E-state index contributed by atoms with van der Waals surface area (Å²) >= 11 is 1.49. The Labute approximate surface area is 132 Å². The molecule has 0 radical (unpaired) electrons. The number of benzene rings is 1. The quantitative estimate of drug-likeness (QED) is 0.866. The zero-order valence-corrected chi connectivity index (χ0v) is 12.9. The van der Waals surface area contributed by atoms with Gasteiger partial charge < -0.3 is 0 Å². The molecule has 0 saturated heterocycles. The molecule has 3 rings (SSSR count). The maximum absolute atomic E-state index is 12.9. The SMILES string of the molecule is CC(C1=NC(=O)C(Cc2ccc(F)cc2)S1)c1ccccn1. The summed E-state index contributed by atoms with van der Waals surface area (Å²) in [5, 5.41) is 0.572. The van der Waals surface area contributed by atoms with E-state index in [1.807, 2.05) is 25.1 Å². The summed E-state index contributed by atoms with van der Waals surface area (Å²) in [5.74, 6) is -0.379. The van der Waals surface area contributed by atoms with Crippen LogP contribution in [0.1, 0.15) is 24.1 Å². The van der Waals surface area contributed by atoms with Gasteiger partial charge in [0.15, 0.2) is 0 Å². The summed E-state index contributed by atoms with van der Waals surface area (Å²) < 4.78 is 12.9. The van der Waals surface area contributed by atoms with Gasteiger partial charge in [-0.3, -0.25) is 9.78 Å². The highest BCUT2D eigenvalue weighted by molar-refractivity contribution is 8.15. The minimum Gasteiger partial charge on any atom is -0.271 e. The van der Waals surface area contributed by atoms with Gasteiger partial charge in [-0.05, 0) is 36.2 Å². The molecular weight excluding hydrogens is 299 g/mol. The van der Waals surface area contributed by atoms with Gasteiger partial charge in [0.2, 0.25) is 0 Å². The zero-order chi connectivity index (χ0) is 15.5. The van der Waals surface area contributed by atoms with Gasteiger partial charge in [-0.15, -0.1) is 0 Å². The van der Waals surface area contributed by atoms with E-state index in [2.05, 4.69) is 9.98 Å². The number of aliphatic imine (C=N–C) groups is 1. The van der Waals surface area contributed by atoms with Crippen LogP contribution in [0.5, 0.6) is 0 Å². The van der Waals surface area contributed by atoms with E-state index in [0.29, 0.717) is 6.42 Å². The molecule has 0 aliphatic carbocycles. The fourth-order valence-electron chi connectivity index (χ4n) is 2.32. The van der Waals surface area contributed by atoms with E-state index >= 15 is 0 Å². The van der Waals surface area contributed by atoms with E-state index in [-0.39, 0.29) is 22.9 Å². The van der Waals surface area contributed by atoms with Gasteiger partial charge in [-0.1, -0.05) is 36.9 Å². The fourth-order valence-corrected chi connectivity index (χ4v) is 3.51. The number of aromatic nitrogens is 1. The van der Waals surface area contributed by atoms with Crippen LogP contribution >= 0.6 is 11.8 Å². The topological polar surface area (TPSA) is 42.3 Å². The van der Waals surface area contributed by atoms with Crippen LogP contribution in [0, 0.1) is 5.82 Å². The highest BCUT2D eigenvalue weighted by Gasteiger charge is 2.31. The molecule has 1 amide bonds. The number of thioether (sulfide) groups is 1. The predicted molar refractivity (Wildman–Crippen MR) is 86.6 cm³/mol. The third-order valence-electron chi connectivity index (χ3n) is 3.60. The van der Waals surface area contributed by atoms with Crippen LogP contribution in [0.15, 0.2) is 53.7 Å². The molecule has 112 valence electrons. The van der Waals surface area contributed by atoms with Crippen LogP contribution < -0.4 is 0 Å². The first-order chi connectivity index (χ1) is 10.6. The fraction of sp³-hybridized carbons (Fsp3) is 0.235.